The summed E-state index contributed by atoms with van der Waals surface area (Å²) in [6.45, 7) is -0.0162. The second-order valence-electron chi connectivity index (χ2n) is 6.81. The summed E-state index contributed by atoms with van der Waals surface area (Å²) in [4.78, 5) is 24.9. The van der Waals surface area contributed by atoms with Crippen molar-refractivity contribution in [3.05, 3.63) is 99.4 Å². The van der Waals surface area contributed by atoms with Crippen molar-refractivity contribution >= 4 is 38.1 Å². The van der Waals surface area contributed by atoms with Gasteiger partial charge in [-0.25, -0.2) is 13.1 Å². The van der Waals surface area contributed by atoms with Crippen LogP contribution in [0.3, 0.4) is 0 Å². The lowest BCUT2D eigenvalue weighted by atomic mass is 10.1. The number of hydrogen-bond donors (Lipinski definition) is 1. The Morgan fingerprint density at radius 3 is 2.45 bits per heavy atom. The Labute approximate surface area is 182 Å². The summed E-state index contributed by atoms with van der Waals surface area (Å²) in [6, 6.07) is 17.1. The molecule has 3 aromatic carbocycles. The monoisotopic (exact) mass is 453 g/mol. The van der Waals surface area contributed by atoms with Crippen LogP contribution in [-0.2, 0) is 16.4 Å². The van der Waals surface area contributed by atoms with Gasteiger partial charge in [0, 0.05) is 5.39 Å². The maximum atomic E-state index is 12.9. The Morgan fingerprint density at radius 2 is 1.74 bits per heavy atom. The Morgan fingerprint density at radius 1 is 1.00 bits per heavy atom. The number of nitrogens with zero attached hydrogens (tertiary/aromatic N) is 2. The van der Waals surface area contributed by atoms with Gasteiger partial charge in [-0.2, -0.15) is 5.10 Å². The fourth-order valence-corrected chi connectivity index (χ4v) is 4.92. The number of sulfone groups is 1. The molecule has 0 saturated heterocycles. The number of nitrogens with two attached hydrogens (primary N) is 1. The third-order valence-corrected chi connectivity index (χ3v) is 6.94. The van der Waals surface area contributed by atoms with Crippen molar-refractivity contribution in [3.63, 3.8) is 0 Å². The van der Waals surface area contributed by atoms with Crippen LogP contribution in [0.4, 0.5) is 0 Å². The predicted octanol–water partition coefficient (Wildman–Crippen LogP) is 3.03. The van der Waals surface area contributed by atoms with Crippen molar-refractivity contribution < 1.29 is 13.2 Å². The lowest BCUT2D eigenvalue weighted by Crippen LogP contribution is -2.25. The second-order valence-corrected chi connectivity index (χ2v) is 9.17. The van der Waals surface area contributed by atoms with Crippen LogP contribution in [0.15, 0.2) is 87.5 Å². The van der Waals surface area contributed by atoms with Crippen molar-refractivity contribution in [3.8, 4) is 0 Å². The molecule has 0 fully saturated rings. The highest BCUT2D eigenvalue weighted by molar-refractivity contribution is 7.91. The van der Waals surface area contributed by atoms with E-state index in [-0.39, 0.29) is 26.9 Å². The number of rotatable bonds is 5. The maximum absolute atomic E-state index is 12.9. The Hall–Kier alpha value is -3.49. The number of carbonyl (C=O) groups excluding carboxylic acids is 1. The molecule has 0 saturated carbocycles. The van der Waals surface area contributed by atoms with E-state index in [2.05, 4.69) is 5.10 Å². The lowest BCUT2D eigenvalue weighted by molar-refractivity contribution is 0.0999. The number of carbonyl (C=O) groups is 1. The molecule has 0 aliphatic rings. The molecule has 0 spiro atoms. The molecule has 1 aromatic heterocycles. The Balaban J connectivity index is 1.77. The second kappa shape index (κ2) is 7.98. The van der Waals surface area contributed by atoms with Gasteiger partial charge >= 0.3 is 0 Å². The van der Waals surface area contributed by atoms with E-state index in [0.717, 1.165) is 0 Å². The van der Waals surface area contributed by atoms with E-state index in [4.69, 9.17) is 17.3 Å². The molecule has 9 heteroatoms. The van der Waals surface area contributed by atoms with Crippen molar-refractivity contribution in [1.29, 1.82) is 0 Å². The molecule has 0 aliphatic carbocycles. The molecule has 0 aliphatic heterocycles. The van der Waals surface area contributed by atoms with Crippen LogP contribution in [0.25, 0.3) is 10.8 Å². The molecule has 1 heterocycles. The summed E-state index contributed by atoms with van der Waals surface area (Å²) in [5.74, 6) is -0.704. The number of fused-ring (bicyclic) bond motifs is 1. The minimum absolute atomic E-state index is 0.0162. The largest absolute Gasteiger partial charge is 0.366 e. The van der Waals surface area contributed by atoms with Gasteiger partial charge < -0.3 is 5.73 Å². The summed E-state index contributed by atoms with van der Waals surface area (Å²) >= 11 is 6.07. The van der Waals surface area contributed by atoms with Gasteiger partial charge in [0.1, 0.15) is 0 Å². The summed E-state index contributed by atoms with van der Waals surface area (Å²) < 4.78 is 26.9. The van der Waals surface area contributed by atoms with Crippen LogP contribution < -0.4 is 11.3 Å². The zero-order chi connectivity index (χ0) is 22.2. The molecule has 0 bridgehead atoms. The highest BCUT2D eigenvalue weighted by atomic mass is 35.5. The molecule has 1 amide bonds. The summed E-state index contributed by atoms with van der Waals surface area (Å²) in [7, 11) is -3.72. The van der Waals surface area contributed by atoms with Gasteiger partial charge in [-0.3, -0.25) is 9.59 Å². The third-order valence-electron chi connectivity index (χ3n) is 4.85. The molecular weight excluding hydrogens is 438 g/mol. The molecule has 4 aromatic rings. The molecule has 31 heavy (non-hydrogen) atoms. The minimum Gasteiger partial charge on any atom is -0.366 e. The van der Waals surface area contributed by atoms with Crippen molar-refractivity contribution in [2.45, 2.75) is 16.3 Å². The van der Waals surface area contributed by atoms with Gasteiger partial charge in [0.25, 0.3) is 11.5 Å². The number of amides is 1. The van der Waals surface area contributed by atoms with Crippen LogP contribution in [0, 0.1) is 0 Å². The van der Waals surface area contributed by atoms with E-state index in [1.807, 2.05) is 0 Å². The first-order chi connectivity index (χ1) is 14.8. The average Bonchev–Trinajstić information content (AvgIpc) is 2.76. The highest BCUT2D eigenvalue weighted by Crippen LogP contribution is 2.24. The van der Waals surface area contributed by atoms with Crippen LogP contribution in [0.5, 0.6) is 0 Å². The fourth-order valence-electron chi connectivity index (χ4n) is 3.32. The first kappa shape index (κ1) is 20.8. The van der Waals surface area contributed by atoms with Gasteiger partial charge in [0.05, 0.1) is 38.5 Å². The third kappa shape index (κ3) is 3.83. The van der Waals surface area contributed by atoms with Crippen LogP contribution in [0.2, 0.25) is 5.02 Å². The number of benzene rings is 3. The van der Waals surface area contributed by atoms with Crippen molar-refractivity contribution in [1.82, 2.24) is 9.78 Å². The maximum Gasteiger partial charge on any atom is 0.274 e. The number of halogens is 1. The van der Waals surface area contributed by atoms with Crippen molar-refractivity contribution in [2.24, 2.45) is 5.73 Å². The normalized spacial score (nSPS) is 11.5. The van der Waals surface area contributed by atoms with Crippen LogP contribution in [0.1, 0.15) is 15.9 Å². The fraction of sp³-hybridized carbons (Fsp3) is 0.0455. The standard InChI is InChI=1S/C22H16ClN3O4S/c23-19-8-4-5-14(20(19)21(24)27)13-26-22(28)18-10-9-17(11-15(18)12-25-26)31(29,30)16-6-2-1-3-7-16/h1-12H,13H2,(H2,24,27). The molecule has 0 atom stereocenters. The Kier molecular flexibility index (Phi) is 5.34. The summed E-state index contributed by atoms with van der Waals surface area (Å²) in [6.07, 6.45) is 1.41. The first-order valence-corrected chi connectivity index (χ1v) is 11.0. The van der Waals surface area contributed by atoms with E-state index in [0.29, 0.717) is 16.3 Å². The van der Waals surface area contributed by atoms with E-state index < -0.39 is 21.3 Å². The highest BCUT2D eigenvalue weighted by Gasteiger charge is 2.19. The van der Waals surface area contributed by atoms with E-state index in [1.165, 1.54) is 47.3 Å². The predicted molar refractivity (Wildman–Crippen MR) is 117 cm³/mol. The zero-order valence-electron chi connectivity index (χ0n) is 16.0. The lowest BCUT2D eigenvalue weighted by Gasteiger charge is -2.11. The molecule has 4 rings (SSSR count). The summed E-state index contributed by atoms with van der Waals surface area (Å²) in [5.41, 5.74) is 5.56. The van der Waals surface area contributed by atoms with Crippen LogP contribution in [-0.4, -0.2) is 24.1 Å². The minimum atomic E-state index is -3.72. The quantitative estimate of drug-likeness (QED) is 0.499. The average molecular weight is 454 g/mol. The summed E-state index contributed by atoms with van der Waals surface area (Å²) in [5, 5.41) is 5.02. The SMILES string of the molecule is NC(=O)c1c(Cl)cccc1Cn1ncc2cc(S(=O)(=O)c3ccccc3)ccc2c1=O. The zero-order valence-corrected chi connectivity index (χ0v) is 17.6. The number of primary amides is 1. The molecule has 156 valence electrons. The topological polar surface area (TPSA) is 112 Å². The molecule has 2 N–H and O–H groups in total. The Bertz CT molecular complexity index is 1480. The number of hydrogen-bond acceptors (Lipinski definition) is 5. The molecule has 0 unspecified atom stereocenters. The van der Waals surface area contributed by atoms with Crippen LogP contribution >= 0.6 is 11.6 Å². The van der Waals surface area contributed by atoms with Crippen molar-refractivity contribution in [2.75, 3.05) is 0 Å². The molecular formula is C22H16ClN3O4S. The van der Waals surface area contributed by atoms with Gasteiger partial charge in [0.15, 0.2) is 0 Å². The van der Waals surface area contributed by atoms with E-state index in [9.17, 15) is 18.0 Å². The van der Waals surface area contributed by atoms with Gasteiger partial charge in [-0.15, -0.1) is 0 Å². The van der Waals surface area contributed by atoms with Gasteiger partial charge in [0.2, 0.25) is 9.84 Å². The number of aromatic nitrogens is 2. The van der Waals surface area contributed by atoms with E-state index in [1.54, 1.807) is 30.3 Å². The van der Waals surface area contributed by atoms with Gasteiger partial charge in [-0.05, 0) is 42.0 Å². The smallest absolute Gasteiger partial charge is 0.274 e. The molecule has 0 radical (unpaired) electrons. The van der Waals surface area contributed by atoms with Gasteiger partial charge in [-0.1, -0.05) is 41.9 Å². The first-order valence-electron chi connectivity index (χ1n) is 9.16. The molecule has 7 nitrogen and oxygen atoms in total. The van der Waals surface area contributed by atoms with E-state index >= 15 is 0 Å².